The normalized spacial score (nSPS) is 11.2. The first-order chi connectivity index (χ1) is 11.6. The van der Waals surface area contributed by atoms with Crippen molar-refractivity contribution in [3.63, 3.8) is 0 Å². The Labute approximate surface area is 140 Å². The highest BCUT2D eigenvalue weighted by Crippen LogP contribution is 2.31. The number of benzene rings is 1. The third-order valence-corrected chi connectivity index (χ3v) is 4.12. The summed E-state index contributed by atoms with van der Waals surface area (Å²) in [6.45, 7) is 7.89. The summed E-state index contributed by atoms with van der Waals surface area (Å²) >= 11 is 0. The van der Waals surface area contributed by atoms with E-state index < -0.39 is 0 Å². The molecule has 0 N–H and O–H groups in total. The molecule has 0 amide bonds. The number of aromatic nitrogens is 2. The summed E-state index contributed by atoms with van der Waals surface area (Å²) in [5.74, 6) is -0.161. The fourth-order valence-corrected chi connectivity index (χ4v) is 3.06. The molecule has 0 saturated carbocycles. The average molecular weight is 322 g/mol. The molecule has 3 rings (SSSR count). The van der Waals surface area contributed by atoms with Gasteiger partial charge >= 0.3 is 0 Å². The number of fused-ring (bicyclic) bond motifs is 1. The van der Waals surface area contributed by atoms with Crippen LogP contribution in [0.15, 0.2) is 49.1 Å². The van der Waals surface area contributed by atoms with Crippen LogP contribution in [-0.4, -0.2) is 15.9 Å². The van der Waals surface area contributed by atoms with Crippen LogP contribution in [0.5, 0.6) is 0 Å². The number of hydrogen-bond acceptors (Lipinski definition) is 2. The predicted molar refractivity (Wildman–Crippen MR) is 94.0 cm³/mol. The molecule has 3 aromatic rings. The maximum absolute atomic E-state index is 13.3. The van der Waals surface area contributed by atoms with E-state index in [1.54, 1.807) is 12.1 Å². The fraction of sp³-hybridized carbons (Fsp3) is 0.200. The lowest BCUT2D eigenvalue weighted by atomic mass is 9.94. The van der Waals surface area contributed by atoms with Gasteiger partial charge in [0, 0.05) is 23.2 Å². The monoisotopic (exact) mass is 322 g/mol. The highest BCUT2D eigenvalue weighted by molar-refractivity contribution is 5.90. The molecule has 3 nitrogen and oxygen atoms in total. The highest BCUT2D eigenvalue weighted by Gasteiger charge is 2.20. The number of hydrogen-bond donors (Lipinski definition) is 0. The van der Waals surface area contributed by atoms with E-state index in [9.17, 15) is 9.18 Å². The quantitative estimate of drug-likeness (QED) is 0.499. The van der Waals surface area contributed by atoms with E-state index in [0.29, 0.717) is 17.7 Å². The minimum Gasteiger partial charge on any atom is -0.298 e. The number of allylic oxidation sites excluding steroid dienone is 1. The van der Waals surface area contributed by atoms with Crippen molar-refractivity contribution in [2.24, 2.45) is 0 Å². The lowest BCUT2D eigenvalue weighted by Gasteiger charge is -2.16. The van der Waals surface area contributed by atoms with Gasteiger partial charge in [-0.3, -0.25) is 4.79 Å². The van der Waals surface area contributed by atoms with Gasteiger partial charge in [-0.05, 0) is 47.9 Å². The lowest BCUT2D eigenvalue weighted by molar-refractivity contribution is 0.112. The molecule has 1 aromatic carbocycles. The van der Waals surface area contributed by atoms with Crippen LogP contribution in [0.1, 0.15) is 41.4 Å². The first-order valence-electron chi connectivity index (χ1n) is 7.93. The molecule has 0 radical (unpaired) electrons. The molecule has 0 spiro atoms. The molecule has 0 fully saturated rings. The summed E-state index contributed by atoms with van der Waals surface area (Å²) in [4.78, 5) is 11.8. The Balaban J connectivity index is 2.38. The second-order valence-electron chi connectivity index (χ2n) is 6.07. The Bertz CT molecular complexity index is 908. The average Bonchev–Trinajstić information content (AvgIpc) is 2.96. The van der Waals surface area contributed by atoms with E-state index in [2.05, 4.69) is 25.5 Å². The fourth-order valence-electron chi connectivity index (χ4n) is 3.06. The largest absolute Gasteiger partial charge is 0.298 e. The summed E-state index contributed by atoms with van der Waals surface area (Å²) in [6.07, 6.45) is 3.35. The minimum atomic E-state index is -0.315. The second kappa shape index (κ2) is 6.40. The number of aldehydes is 1. The molecule has 122 valence electrons. The molecular formula is C20H19FN2O. The molecule has 2 heterocycles. The van der Waals surface area contributed by atoms with Crippen molar-refractivity contribution in [2.45, 2.75) is 26.2 Å². The number of rotatable bonds is 5. The van der Waals surface area contributed by atoms with E-state index >= 15 is 0 Å². The van der Waals surface area contributed by atoms with Crippen LogP contribution in [0.4, 0.5) is 4.39 Å². The van der Waals surface area contributed by atoms with Crippen molar-refractivity contribution in [1.29, 1.82) is 0 Å². The standard InChI is InChI=1S/C20H19FN2O/c1-4-5-16-10-11-18-19(13(2)3)17(12-24)20(22-23(16)18)14-6-8-15(21)9-7-14/h4,6-13H,1,5H2,2-3H3. The topological polar surface area (TPSA) is 34.4 Å². The maximum atomic E-state index is 13.3. The van der Waals surface area contributed by atoms with Gasteiger partial charge in [0.15, 0.2) is 6.29 Å². The zero-order valence-corrected chi connectivity index (χ0v) is 13.8. The highest BCUT2D eigenvalue weighted by atomic mass is 19.1. The molecule has 0 aliphatic carbocycles. The van der Waals surface area contributed by atoms with Gasteiger partial charge in [-0.15, -0.1) is 6.58 Å². The smallest absolute Gasteiger partial charge is 0.152 e. The molecule has 0 saturated heterocycles. The van der Waals surface area contributed by atoms with Gasteiger partial charge in [-0.25, -0.2) is 8.91 Å². The molecule has 0 aliphatic heterocycles. The Morgan fingerprint density at radius 3 is 2.50 bits per heavy atom. The number of carbonyl (C=O) groups excluding carboxylic acids is 1. The Hall–Kier alpha value is -2.75. The van der Waals surface area contributed by atoms with Crippen molar-refractivity contribution < 1.29 is 9.18 Å². The van der Waals surface area contributed by atoms with Crippen LogP contribution in [0.2, 0.25) is 0 Å². The summed E-state index contributed by atoms with van der Waals surface area (Å²) in [6, 6.07) is 10.0. The molecule has 0 unspecified atom stereocenters. The second-order valence-corrected chi connectivity index (χ2v) is 6.07. The molecular weight excluding hydrogens is 303 g/mol. The van der Waals surface area contributed by atoms with Gasteiger partial charge in [0.25, 0.3) is 0 Å². The SMILES string of the molecule is C=CCc1ccc2c(C(C)C)c(C=O)c(-c3ccc(F)cc3)nn12. The molecule has 2 aromatic heterocycles. The van der Waals surface area contributed by atoms with E-state index in [4.69, 9.17) is 0 Å². The van der Waals surface area contributed by atoms with Crippen LogP contribution in [0.3, 0.4) is 0 Å². The van der Waals surface area contributed by atoms with Crippen LogP contribution in [0, 0.1) is 5.82 Å². The van der Waals surface area contributed by atoms with Crippen molar-refractivity contribution in [3.05, 3.63) is 71.7 Å². The van der Waals surface area contributed by atoms with Gasteiger partial charge in [-0.1, -0.05) is 19.9 Å². The maximum Gasteiger partial charge on any atom is 0.152 e. The zero-order valence-electron chi connectivity index (χ0n) is 13.8. The molecule has 24 heavy (non-hydrogen) atoms. The van der Waals surface area contributed by atoms with E-state index in [-0.39, 0.29) is 11.7 Å². The zero-order chi connectivity index (χ0) is 17.3. The van der Waals surface area contributed by atoms with Gasteiger partial charge < -0.3 is 0 Å². The van der Waals surface area contributed by atoms with Gasteiger partial charge in [0.1, 0.15) is 11.5 Å². The van der Waals surface area contributed by atoms with Crippen molar-refractivity contribution >= 4 is 11.8 Å². The molecule has 4 heteroatoms. The van der Waals surface area contributed by atoms with Gasteiger partial charge in [0.05, 0.1) is 5.52 Å². The minimum absolute atomic E-state index is 0.154. The summed E-state index contributed by atoms with van der Waals surface area (Å²) in [5, 5.41) is 4.68. The molecule has 0 atom stereocenters. The summed E-state index contributed by atoms with van der Waals surface area (Å²) in [7, 11) is 0. The van der Waals surface area contributed by atoms with E-state index in [1.807, 2.05) is 22.7 Å². The van der Waals surface area contributed by atoms with Gasteiger partial charge in [-0.2, -0.15) is 5.10 Å². The van der Waals surface area contributed by atoms with Gasteiger partial charge in [0.2, 0.25) is 0 Å². The number of nitrogens with zero attached hydrogens (tertiary/aromatic N) is 2. The summed E-state index contributed by atoms with van der Waals surface area (Å²) < 4.78 is 15.1. The first kappa shape index (κ1) is 16.1. The van der Waals surface area contributed by atoms with Crippen molar-refractivity contribution in [3.8, 4) is 11.3 Å². The first-order valence-corrected chi connectivity index (χ1v) is 7.93. The Kier molecular flexibility index (Phi) is 4.30. The van der Waals surface area contributed by atoms with E-state index in [1.165, 1.54) is 12.1 Å². The van der Waals surface area contributed by atoms with Crippen LogP contribution in [-0.2, 0) is 6.42 Å². The number of halogens is 1. The Morgan fingerprint density at radius 1 is 1.21 bits per heavy atom. The van der Waals surface area contributed by atoms with Crippen molar-refractivity contribution in [1.82, 2.24) is 9.61 Å². The third kappa shape index (κ3) is 2.64. The van der Waals surface area contributed by atoms with Crippen molar-refractivity contribution in [2.75, 3.05) is 0 Å². The van der Waals surface area contributed by atoms with Crippen LogP contribution < -0.4 is 0 Å². The molecule has 0 bridgehead atoms. The predicted octanol–water partition coefficient (Wildman–Crippen LogP) is 4.80. The number of carbonyl (C=O) groups is 1. The van der Waals surface area contributed by atoms with Crippen LogP contribution in [0.25, 0.3) is 16.8 Å². The Morgan fingerprint density at radius 2 is 1.92 bits per heavy atom. The van der Waals surface area contributed by atoms with E-state index in [0.717, 1.165) is 28.6 Å². The molecule has 0 aliphatic rings. The summed E-state index contributed by atoms with van der Waals surface area (Å²) in [5.41, 5.74) is 4.74. The van der Waals surface area contributed by atoms with Crippen LogP contribution >= 0.6 is 0 Å². The third-order valence-electron chi connectivity index (χ3n) is 4.12. The lowest BCUT2D eigenvalue weighted by Crippen LogP contribution is -2.08.